The number of hydrogen-bond acceptors (Lipinski definition) is 2. The van der Waals surface area contributed by atoms with E-state index in [1.54, 1.807) is 17.0 Å². The van der Waals surface area contributed by atoms with E-state index in [-0.39, 0.29) is 11.8 Å². The largest absolute Gasteiger partial charge is 0.350 e. The molecule has 0 bridgehead atoms. The minimum absolute atomic E-state index is 0.0621. The molecular formula is C21H23ClN2O2. The number of carbonyl (C=O) groups excluding carboxylic acids is 2. The Labute approximate surface area is 159 Å². The Balaban J connectivity index is 1.72. The van der Waals surface area contributed by atoms with Gasteiger partial charge in [0.25, 0.3) is 5.91 Å². The Bertz CT molecular complexity index is 802. The van der Waals surface area contributed by atoms with Crippen LogP contribution < -0.4 is 5.32 Å². The summed E-state index contributed by atoms with van der Waals surface area (Å²) in [5.74, 6) is 0.125. The molecule has 0 spiro atoms. The number of hydrogen-bond donors (Lipinski definition) is 1. The van der Waals surface area contributed by atoms with Crippen molar-refractivity contribution in [2.45, 2.75) is 39.4 Å². The second-order valence-corrected chi connectivity index (χ2v) is 7.52. The van der Waals surface area contributed by atoms with Gasteiger partial charge in [0.1, 0.15) is 6.04 Å². The van der Waals surface area contributed by atoms with E-state index < -0.39 is 6.04 Å². The van der Waals surface area contributed by atoms with Crippen LogP contribution in [0, 0.1) is 5.92 Å². The third-order valence-corrected chi connectivity index (χ3v) is 4.85. The first-order chi connectivity index (χ1) is 12.5. The molecule has 3 rings (SSSR count). The van der Waals surface area contributed by atoms with Gasteiger partial charge in [0.2, 0.25) is 5.91 Å². The van der Waals surface area contributed by atoms with Gasteiger partial charge in [-0.2, -0.15) is 0 Å². The van der Waals surface area contributed by atoms with Crippen molar-refractivity contribution in [2.75, 3.05) is 0 Å². The normalized spacial score (nSPS) is 14.5. The number of amides is 2. The van der Waals surface area contributed by atoms with E-state index >= 15 is 0 Å². The molecule has 1 atom stereocenters. The standard InChI is InChI=1S/C21H23ClN2O2/c1-14(2)11-19(20(25)23-12-15-7-9-17(22)10-8-15)24-13-16-5-3-4-6-18(16)21(24)26/h3-10,14,19H,11-13H2,1-2H3,(H,23,25)/t19-/m0/s1. The topological polar surface area (TPSA) is 49.4 Å². The molecule has 136 valence electrons. The van der Waals surface area contributed by atoms with Gasteiger partial charge in [-0.15, -0.1) is 0 Å². The lowest BCUT2D eigenvalue weighted by Gasteiger charge is -2.28. The molecule has 0 radical (unpaired) electrons. The molecule has 0 saturated heterocycles. The summed E-state index contributed by atoms with van der Waals surface area (Å²) < 4.78 is 0. The van der Waals surface area contributed by atoms with Crippen LogP contribution in [0.2, 0.25) is 5.02 Å². The van der Waals surface area contributed by atoms with Crippen molar-refractivity contribution in [3.63, 3.8) is 0 Å². The van der Waals surface area contributed by atoms with Crippen molar-refractivity contribution in [3.8, 4) is 0 Å². The molecule has 2 aromatic rings. The zero-order chi connectivity index (χ0) is 18.7. The molecule has 0 aliphatic carbocycles. The van der Waals surface area contributed by atoms with E-state index in [1.807, 2.05) is 36.4 Å². The van der Waals surface area contributed by atoms with Crippen molar-refractivity contribution >= 4 is 23.4 Å². The van der Waals surface area contributed by atoms with Crippen LogP contribution in [0.4, 0.5) is 0 Å². The lowest BCUT2D eigenvalue weighted by atomic mass is 10.0. The van der Waals surface area contributed by atoms with E-state index in [1.165, 1.54) is 0 Å². The molecule has 4 nitrogen and oxygen atoms in total. The van der Waals surface area contributed by atoms with Gasteiger partial charge < -0.3 is 10.2 Å². The van der Waals surface area contributed by atoms with Crippen LogP contribution >= 0.6 is 11.6 Å². The number of nitrogens with one attached hydrogen (secondary N) is 1. The third kappa shape index (κ3) is 4.07. The minimum atomic E-state index is -0.470. The maximum absolute atomic E-state index is 12.9. The zero-order valence-corrected chi connectivity index (χ0v) is 15.8. The second-order valence-electron chi connectivity index (χ2n) is 7.08. The first-order valence-electron chi connectivity index (χ1n) is 8.86. The summed E-state index contributed by atoms with van der Waals surface area (Å²) >= 11 is 5.90. The second kappa shape index (κ2) is 7.92. The number of benzene rings is 2. The molecule has 1 aliphatic rings. The molecule has 26 heavy (non-hydrogen) atoms. The highest BCUT2D eigenvalue weighted by atomic mass is 35.5. The van der Waals surface area contributed by atoms with Crippen molar-refractivity contribution in [1.29, 1.82) is 0 Å². The summed E-state index contributed by atoms with van der Waals surface area (Å²) in [7, 11) is 0. The van der Waals surface area contributed by atoms with Crippen LogP contribution in [0.5, 0.6) is 0 Å². The molecule has 0 unspecified atom stereocenters. The van der Waals surface area contributed by atoms with E-state index in [0.29, 0.717) is 36.0 Å². The minimum Gasteiger partial charge on any atom is -0.350 e. The van der Waals surface area contributed by atoms with E-state index in [0.717, 1.165) is 11.1 Å². The average molecular weight is 371 g/mol. The lowest BCUT2D eigenvalue weighted by molar-refractivity contribution is -0.126. The van der Waals surface area contributed by atoms with Gasteiger partial charge in [0.15, 0.2) is 0 Å². The predicted molar refractivity (Wildman–Crippen MR) is 103 cm³/mol. The van der Waals surface area contributed by atoms with E-state index in [9.17, 15) is 9.59 Å². The molecule has 5 heteroatoms. The van der Waals surface area contributed by atoms with Crippen LogP contribution in [0.1, 0.15) is 41.8 Å². The maximum atomic E-state index is 12.9. The van der Waals surface area contributed by atoms with Crippen LogP contribution in [0.15, 0.2) is 48.5 Å². The quantitative estimate of drug-likeness (QED) is 0.834. The molecule has 1 N–H and O–H groups in total. The fourth-order valence-electron chi connectivity index (χ4n) is 3.26. The Morgan fingerprint density at radius 1 is 1.15 bits per heavy atom. The lowest BCUT2D eigenvalue weighted by Crippen LogP contribution is -2.47. The van der Waals surface area contributed by atoms with Gasteiger partial charge in [0, 0.05) is 23.7 Å². The van der Waals surface area contributed by atoms with Gasteiger partial charge in [-0.05, 0) is 41.7 Å². The molecular weight excluding hydrogens is 348 g/mol. The maximum Gasteiger partial charge on any atom is 0.255 e. The Morgan fingerprint density at radius 3 is 2.50 bits per heavy atom. The van der Waals surface area contributed by atoms with Crippen LogP contribution in [0.3, 0.4) is 0 Å². The fourth-order valence-corrected chi connectivity index (χ4v) is 3.39. The highest BCUT2D eigenvalue weighted by Gasteiger charge is 2.36. The van der Waals surface area contributed by atoms with Crippen molar-refractivity contribution in [1.82, 2.24) is 10.2 Å². The van der Waals surface area contributed by atoms with Crippen LogP contribution in [0.25, 0.3) is 0 Å². The first-order valence-corrected chi connectivity index (χ1v) is 9.24. The van der Waals surface area contributed by atoms with Gasteiger partial charge in [-0.3, -0.25) is 9.59 Å². The zero-order valence-electron chi connectivity index (χ0n) is 15.0. The monoisotopic (exact) mass is 370 g/mol. The van der Waals surface area contributed by atoms with Crippen molar-refractivity contribution < 1.29 is 9.59 Å². The van der Waals surface area contributed by atoms with Gasteiger partial charge in [-0.25, -0.2) is 0 Å². The fraction of sp³-hybridized carbons (Fsp3) is 0.333. The van der Waals surface area contributed by atoms with Gasteiger partial charge >= 0.3 is 0 Å². The van der Waals surface area contributed by atoms with Crippen LogP contribution in [-0.4, -0.2) is 22.8 Å². The van der Waals surface area contributed by atoms with Gasteiger partial charge in [0.05, 0.1) is 0 Å². The highest BCUT2D eigenvalue weighted by molar-refractivity contribution is 6.30. The first kappa shape index (κ1) is 18.5. The smallest absolute Gasteiger partial charge is 0.255 e. The summed E-state index contributed by atoms with van der Waals surface area (Å²) in [5, 5.41) is 3.64. The molecule has 1 aliphatic heterocycles. The molecule has 0 aromatic heterocycles. The Hall–Kier alpha value is -2.33. The number of carbonyl (C=O) groups is 2. The van der Waals surface area contributed by atoms with Crippen molar-refractivity contribution in [2.24, 2.45) is 5.92 Å². The van der Waals surface area contributed by atoms with E-state index in [2.05, 4.69) is 19.2 Å². The predicted octanol–water partition coefficient (Wildman–Crippen LogP) is 4.03. The molecule has 0 saturated carbocycles. The SMILES string of the molecule is CC(C)C[C@@H](C(=O)NCc1ccc(Cl)cc1)N1Cc2ccccc2C1=O. The number of halogens is 1. The summed E-state index contributed by atoms with van der Waals surface area (Å²) in [6.45, 7) is 5.03. The van der Waals surface area contributed by atoms with Gasteiger partial charge in [-0.1, -0.05) is 55.8 Å². The molecule has 2 amide bonds. The summed E-state index contributed by atoms with van der Waals surface area (Å²) in [4.78, 5) is 27.3. The molecule has 0 fully saturated rings. The summed E-state index contributed by atoms with van der Waals surface area (Å²) in [5.41, 5.74) is 2.66. The highest BCUT2D eigenvalue weighted by Crippen LogP contribution is 2.27. The molecule has 2 aromatic carbocycles. The number of nitrogens with zero attached hydrogens (tertiary/aromatic N) is 1. The Kier molecular flexibility index (Phi) is 5.62. The average Bonchev–Trinajstić information content (AvgIpc) is 2.96. The third-order valence-electron chi connectivity index (χ3n) is 4.60. The van der Waals surface area contributed by atoms with Crippen molar-refractivity contribution in [3.05, 3.63) is 70.2 Å². The number of fused-ring (bicyclic) bond motifs is 1. The van der Waals surface area contributed by atoms with Crippen LogP contribution in [-0.2, 0) is 17.9 Å². The Morgan fingerprint density at radius 2 is 1.85 bits per heavy atom. The molecule has 1 heterocycles. The van der Waals surface area contributed by atoms with E-state index in [4.69, 9.17) is 11.6 Å². The summed E-state index contributed by atoms with van der Waals surface area (Å²) in [6.07, 6.45) is 0.631. The summed E-state index contributed by atoms with van der Waals surface area (Å²) in [6, 6.07) is 14.5. The number of rotatable bonds is 6.